The highest BCUT2D eigenvalue weighted by atomic mass is 19.1. The molecule has 1 fully saturated rings. The van der Waals surface area contributed by atoms with Crippen molar-refractivity contribution in [3.8, 4) is 0 Å². The molecule has 1 atom stereocenters. The van der Waals surface area contributed by atoms with Crippen LogP contribution in [0.1, 0.15) is 17.4 Å². The number of carbonyl (C=O) groups excluding carboxylic acids is 1. The van der Waals surface area contributed by atoms with E-state index in [2.05, 4.69) is 15.4 Å². The molecular weight excluding hydrogens is 285 g/mol. The molecule has 0 bridgehead atoms. The van der Waals surface area contributed by atoms with Crippen LogP contribution in [0, 0.1) is 0 Å². The molecule has 1 aromatic heterocycles. The molecule has 6 nitrogen and oxygen atoms in total. The molecule has 1 amide bonds. The van der Waals surface area contributed by atoms with E-state index in [1.807, 2.05) is 35.2 Å². The molecule has 1 N–H and O–H groups in total. The molecule has 1 aliphatic rings. The number of piperazine rings is 1. The topological polar surface area (TPSA) is 63.1 Å². The summed E-state index contributed by atoms with van der Waals surface area (Å²) >= 11 is 0. The van der Waals surface area contributed by atoms with Gasteiger partial charge in [-0.3, -0.25) is 9.69 Å². The van der Waals surface area contributed by atoms with Gasteiger partial charge < -0.3 is 5.32 Å². The van der Waals surface area contributed by atoms with Crippen LogP contribution < -0.4 is 5.32 Å². The van der Waals surface area contributed by atoms with Crippen LogP contribution in [0.25, 0.3) is 0 Å². The molecule has 1 unspecified atom stereocenters. The monoisotopic (exact) mass is 303 g/mol. The van der Waals surface area contributed by atoms with E-state index in [1.165, 1.54) is 6.33 Å². The highest BCUT2D eigenvalue weighted by Gasteiger charge is 2.28. The third-order valence-electron chi connectivity index (χ3n) is 3.80. The number of alkyl halides is 1. The lowest BCUT2D eigenvalue weighted by molar-refractivity contribution is -0.126. The first-order valence-electron chi connectivity index (χ1n) is 7.26. The predicted octanol–water partition coefficient (Wildman–Crippen LogP) is 0.921. The van der Waals surface area contributed by atoms with E-state index in [4.69, 9.17) is 0 Å². The van der Waals surface area contributed by atoms with Crippen molar-refractivity contribution < 1.29 is 9.18 Å². The minimum Gasteiger partial charge on any atom is -0.353 e. The van der Waals surface area contributed by atoms with Gasteiger partial charge in [0.1, 0.15) is 18.8 Å². The Bertz CT molecular complexity index is 630. The smallest absolute Gasteiger partial charge is 0.234 e. The number of amides is 1. The number of carbonyl (C=O) groups is 1. The maximum atomic E-state index is 12.6. The first-order chi connectivity index (χ1) is 10.8. The van der Waals surface area contributed by atoms with Crippen LogP contribution in [0.4, 0.5) is 4.39 Å². The zero-order valence-electron chi connectivity index (χ0n) is 12.2. The number of aryl methyl sites for hydroxylation is 1. The Labute approximate surface area is 128 Å². The van der Waals surface area contributed by atoms with Gasteiger partial charge in [0.05, 0.1) is 25.7 Å². The first kappa shape index (κ1) is 14.6. The van der Waals surface area contributed by atoms with Crippen molar-refractivity contribution in [2.75, 3.05) is 19.8 Å². The molecule has 0 spiro atoms. The highest BCUT2D eigenvalue weighted by molar-refractivity contribution is 5.79. The lowest BCUT2D eigenvalue weighted by Crippen LogP contribution is -2.49. The summed E-state index contributed by atoms with van der Waals surface area (Å²) in [6.45, 7) is 1.01. The number of nitrogens with zero attached hydrogens (tertiary/aromatic N) is 4. The molecular formula is C15H18FN5O. The van der Waals surface area contributed by atoms with Crippen LogP contribution in [-0.4, -0.2) is 45.3 Å². The van der Waals surface area contributed by atoms with E-state index in [9.17, 15) is 9.18 Å². The Morgan fingerprint density at radius 1 is 1.32 bits per heavy atom. The van der Waals surface area contributed by atoms with Crippen LogP contribution in [0.15, 0.2) is 36.7 Å². The largest absolute Gasteiger partial charge is 0.353 e. The van der Waals surface area contributed by atoms with Crippen LogP contribution >= 0.6 is 0 Å². The summed E-state index contributed by atoms with van der Waals surface area (Å²) < 4.78 is 14.1. The van der Waals surface area contributed by atoms with E-state index >= 15 is 0 Å². The van der Waals surface area contributed by atoms with Gasteiger partial charge in [-0.25, -0.2) is 14.1 Å². The third-order valence-corrected chi connectivity index (χ3v) is 3.80. The Morgan fingerprint density at radius 2 is 2.14 bits per heavy atom. The van der Waals surface area contributed by atoms with E-state index in [0.29, 0.717) is 25.5 Å². The fourth-order valence-electron chi connectivity index (χ4n) is 2.72. The molecule has 1 aromatic carbocycles. The van der Waals surface area contributed by atoms with Crippen molar-refractivity contribution in [1.82, 2.24) is 25.0 Å². The number of hydrogen-bond donors (Lipinski definition) is 1. The molecule has 22 heavy (non-hydrogen) atoms. The van der Waals surface area contributed by atoms with Gasteiger partial charge in [-0.1, -0.05) is 30.3 Å². The van der Waals surface area contributed by atoms with Crippen LogP contribution in [-0.2, 0) is 17.9 Å². The van der Waals surface area contributed by atoms with E-state index in [1.54, 1.807) is 4.68 Å². The summed E-state index contributed by atoms with van der Waals surface area (Å²) in [5.41, 5.74) is 1.14. The number of hydrogen-bond acceptors (Lipinski definition) is 4. The molecule has 3 rings (SSSR count). The zero-order valence-corrected chi connectivity index (χ0v) is 12.2. The van der Waals surface area contributed by atoms with Crippen LogP contribution in [0.2, 0.25) is 0 Å². The summed E-state index contributed by atoms with van der Waals surface area (Å²) in [4.78, 5) is 18.0. The van der Waals surface area contributed by atoms with E-state index in [-0.39, 0.29) is 18.5 Å². The van der Waals surface area contributed by atoms with Gasteiger partial charge in [-0.15, -0.1) is 0 Å². The van der Waals surface area contributed by atoms with Crippen LogP contribution in [0.3, 0.4) is 0 Å². The number of benzene rings is 1. The van der Waals surface area contributed by atoms with Crippen molar-refractivity contribution in [3.05, 3.63) is 48.0 Å². The molecule has 0 aliphatic carbocycles. The average Bonchev–Trinajstić information content (AvgIpc) is 2.96. The fraction of sp³-hybridized carbons (Fsp3) is 0.400. The number of rotatable bonds is 5. The normalized spacial score (nSPS) is 19.1. The number of aromatic nitrogens is 3. The lowest BCUT2D eigenvalue weighted by atomic mass is 10.0. The first-order valence-corrected chi connectivity index (χ1v) is 7.26. The van der Waals surface area contributed by atoms with Gasteiger partial charge in [-0.2, -0.15) is 5.10 Å². The highest BCUT2D eigenvalue weighted by Crippen LogP contribution is 2.23. The summed E-state index contributed by atoms with van der Waals surface area (Å²) in [7, 11) is 0. The van der Waals surface area contributed by atoms with Crippen molar-refractivity contribution in [1.29, 1.82) is 0 Å². The summed E-state index contributed by atoms with van der Waals surface area (Å²) in [5.74, 6) is 0.664. The molecule has 1 saturated heterocycles. The molecule has 116 valence electrons. The van der Waals surface area contributed by atoms with Gasteiger partial charge in [-0.05, 0) is 5.56 Å². The lowest BCUT2D eigenvalue weighted by Gasteiger charge is -2.35. The Morgan fingerprint density at radius 3 is 2.91 bits per heavy atom. The minimum absolute atomic E-state index is 0.0104. The second-order valence-corrected chi connectivity index (χ2v) is 5.22. The summed E-state index contributed by atoms with van der Waals surface area (Å²) in [6, 6.07) is 10.1. The maximum Gasteiger partial charge on any atom is 0.234 e. The van der Waals surface area contributed by atoms with Gasteiger partial charge in [0.15, 0.2) is 0 Å². The molecule has 7 heteroatoms. The second kappa shape index (κ2) is 6.65. The fourth-order valence-corrected chi connectivity index (χ4v) is 2.72. The number of nitrogens with one attached hydrogen (secondary N) is 1. The quantitative estimate of drug-likeness (QED) is 0.892. The Balaban J connectivity index is 1.81. The maximum absolute atomic E-state index is 12.6. The SMILES string of the molecule is O=C1CN(Cc2ncnn2CCF)C(c2ccccc2)CN1. The molecule has 2 heterocycles. The minimum atomic E-state index is -0.487. The van der Waals surface area contributed by atoms with Crippen molar-refractivity contribution >= 4 is 5.91 Å². The second-order valence-electron chi connectivity index (χ2n) is 5.22. The average molecular weight is 303 g/mol. The third kappa shape index (κ3) is 3.14. The van der Waals surface area contributed by atoms with E-state index < -0.39 is 6.67 Å². The van der Waals surface area contributed by atoms with Gasteiger partial charge in [0.25, 0.3) is 0 Å². The van der Waals surface area contributed by atoms with Crippen LogP contribution in [0.5, 0.6) is 0 Å². The Hall–Kier alpha value is -2.28. The molecule has 1 aliphatic heterocycles. The standard InChI is InChI=1S/C15H18FN5O/c16-6-7-21-14(18-11-19-21)9-20-10-15(22)17-8-13(20)12-4-2-1-3-5-12/h1-5,11,13H,6-10H2,(H,17,22). The van der Waals surface area contributed by atoms with Crippen molar-refractivity contribution in [3.63, 3.8) is 0 Å². The summed E-state index contributed by atoms with van der Waals surface area (Å²) in [6.07, 6.45) is 1.42. The zero-order chi connectivity index (χ0) is 15.4. The van der Waals surface area contributed by atoms with Gasteiger partial charge in [0.2, 0.25) is 5.91 Å². The van der Waals surface area contributed by atoms with Crippen molar-refractivity contribution in [2.24, 2.45) is 0 Å². The predicted molar refractivity (Wildman–Crippen MR) is 78.6 cm³/mol. The molecule has 0 saturated carbocycles. The van der Waals surface area contributed by atoms with Gasteiger partial charge >= 0.3 is 0 Å². The van der Waals surface area contributed by atoms with Gasteiger partial charge in [0, 0.05) is 6.54 Å². The molecule has 2 aromatic rings. The number of halogens is 1. The van der Waals surface area contributed by atoms with E-state index in [0.717, 1.165) is 5.56 Å². The molecule has 0 radical (unpaired) electrons. The Kier molecular flexibility index (Phi) is 4.43. The summed E-state index contributed by atoms with van der Waals surface area (Å²) in [5, 5.41) is 6.92. The van der Waals surface area contributed by atoms with Crippen molar-refractivity contribution in [2.45, 2.75) is 19.1 Å².